The fraction of sp³-hybridized carbons (Fsp3) is 0.182. The fourth-order valence-electron chi connectivity index (χ4n) is 1.25. The van der Waals surface area contributed by atoms with E-state index in [1.165, 1.54) is 11.8 Å². The number of hydrogen-bond donors (Lipinski definition) is 0. The maximum absolute atomic E-state index is 10.2. The molecule has 1 aromatic heterocycles. The first-order valence-corrected chi connectivity index (χ1v) is 5.86. The Bertz CT molecular complexity index is 513. The first kappa shape index (κ1) is 11.7. The molecule has 1 aromatic carbocycles. The van der Waals surface area contributed by atoms with Crippen molar-refractivity contribution in [1.82, 2.24) is 10.2 Å². The zero-order chi connectivity index (χ0) is 12.1. The summed E-state index contributed by atoms with van der Waals surface area (Å²) in [4.78, 5) is 10.2. The molecule has 0 unspecified atom stereocenters. The summed E-state index contributed by atoms with van der Waals surface area (Å²) in [5, 5.41) is 8.12. The standard InChI is InChI=1S/C11H10N2O3S/c1-15-9-4-2-3-8(7-9)10-12-13-11(16-10)17-6-5-14/h2-5,7H,6H2,1H3. The van der Waals surface area contributed by atoms with Gasteiger partial charge in [-0.25, -0.2) is 0 Å². The molecule has 0 aliphatic rings. The lowest BCUT2D eigenvalue weighted by Crippen LogP contribution is -1.83. The Hall–Kier alpha value is -1.82. The number of benzene rings is 1. The summed E-state index contributed by atoms with van der Waals surface area (Å²) >= 11 is 1.21. The fourth-order valence-corrected chi connectivity index (χ4v) is 1.69. The van der Waals surface area contributed by atoms with Crippen molar-refractivity contribution >= 4 is 18.0 Å². The van der Waals surface area contributed by atoms with Crippen molar-refractivity contribution in [2.75, 3.05) is 12.9 Å². The lowest BCUT2D eigenvalue weighted by molar-refractivity contribution is -0.105. The maximum Gasteiger partial charge on any atom is 0.277 e. The second kappa shape index (κ2) is 5.49. The van der Waals surface area contributed by atoms with Gasteiger partial charge in [0.1, 0.15) is 12.0 Å². The minimum atomic E-state index is 0.305. The highest BCUT2D eigenvalue weighted by atomic mass is 32.2. The molecule has 17 heavy (non-hydrogen) atoms. The molecule has 0 spiro atoms. The lowest BCUT2D eigenvalue weighted by atomic mass is 10.2. The van der Waals surface area contributed by atoms with Gasteiger partial charge in [-0.3, -0.25) is 0 Å². The number of ether oxygens (including phenoxy) is 1. The molecular formula is C11H10N2O3S. The van der Waals surface area contributed by atoms with Crippen molar-refractivity contribution in [3.8, 4) is 17.2 Å². The third-order valence-corrected chi connectivity index (χ3v) is 2.71. The van der Waals surface area contributed by atoms with Crippen LogP contribution in [0.3, 0.4) is 0 Å². The monoisotopic (exact) mass is 250 g/mol. The number of rotatable bonds is 5. The molecule has 0 atom stereocenters. The van der Waals surface area contributed by atoms with Gasteiger partial charge in [0.05, 0.1) is 12.9 Å². The topological polar surface area (TPSA) is 65.2 Å². The number of thioether (sulfide) groups is 1. The van der Waals surface area contributed by atoms with Crippen LogP contribution < -0.4 is 4.74 Å². The van der Waals surface area contributed by atoms with E-state index in [1.807, 2.05) is 24.3 Å². The van der Waals surface area contributed by atoms with E-state index in [-0.39, 0.29) is 0 Å². The Morgan fingerprint density at radius 2 is 2.35 bits per heavy atom. The largest absolute Gasteiger partial charge is 0.497 e. The van der Waals surface area contributed by atoms with Crippen LogP contribution >= 0.6 is 11.8 Å². The van der Waals surface area contributed by atoms with Crippen LogP contribution in [-0.2, 0) is 4.79 Å². The zero-order valence-corrected chi connectivity index (χ0v) is 9.94. The Balaban J connectivity index is 2.20. The average Bonchev–Trinajstić information content (AvgIpc) is 2.85. The second-order valence-corrected chi connectivity index (χ2v) is 4.05. The molecule has 0 saturated heterocycles. The van der Waals surface area contributed by atoms with Gasteiger partial charge >= 0.3 is 0 Å². The molecule has 6 heteroatoms. The summed E-state index contributed by atoms with van der Waals surface area (Å²) in [5.41, 5.74) is 0.787. The number of nitrogens with zero attached hydrogens (tertiary/aromatic N) is 2. The van der Waals surface area contributed by atoms with E-state index < -0.39 is 0 Å². The van der Waals surface area contributed by atoms with Gasteiger partial charge < -0.3 is 13.9 Å². The van der Waals surface area contributed by atoms with Crippen LogP contribution in [0.4, 0.5) is 0 Å². The van der Waals surface area contributed by atoms with E-state index in [0.29, 0.717) is 16.9 Å². The number of aldehydes is 1. The third-order valence-electron chi connectivity index (χ3n) is 2.00. The van der Waals surface area contributed by atoms with Crippen molar-refractivity contribution in [3.05, 3.63) is 24.3 Å². The van der Waals surface area contributed by atoms with Crippen molar-refractivity contribution in [2.24, 2.45) is 0 Å². The van der Waals surface area contributed by atoms with Crippen LogP contribution in [0.5, 0.6) is 5.75 Å². The highest BCUT2D eigenvalue weighted by Crippen LogP contribution is 2.25. The van der Waals surface area contributed by atoms with E-state index in [2.05, 4.69) is 10.2 Å². The minimum absolute atomic E-state index is 0.305. The molecule has 0 radical (unpaired) electrons. The number of carbonyl (C=O) groups excluding carboxylic acids is 1. The van der Waals surface area contributed by atoms with Crippen molar-refractivity contribution in [2.45, 2.75) is 5.22 Å². The van der Waals surface area contributed by atoms with E-state index in [1.54, 1.807) is 7.11 Å². The van der Waals surface area contributed by atoms with Crippen LogP contribution in [0.25, 0.3) is 11.5 Å². The molecule has 0 aliphatic carbocycles. The lowest BCUT2D eigenvalue weighted by Gasteiger charge is -1.99. The molecule has 2 aromatic rings. The molecule has 2 rings (SSSR count). The average molecular weight is 250 g/mol. The van der Waals surface area contributed by atoms with Gasteiger partial charge in [0.2, 0.25) is 5.89 Å². The van der Waals surface area contributed by atoms with E-state index in [4.69, 9.17) is 9.15 Å². The van der Waals surface area contributed by atoms with Crippen LogP contribution in [0.1, 0.15) is 0 Å². The first-order chi connectivity index (χ1) is 8.33. The molecule has 1 heterocycles. The Morgan fingerprint density at radius 1 is 1.47 bits per heavy atom. The van der Waals surface area contributed by atoms with Crippen molar-refractivity contribution < 1.29 is 13.9 Å². The molecule has 0 bridgehead atoms. The Kier molecular flexibility index (Phi) is 3.77. The summed E-state index contributed by atoms with van der Waals surface area (Å²) in [6, 6.07) is 7.34. The quantitative estimate of drug-likeness (QED) is 0.597. The predicted octanol–water partition coefficient (Wildman–Crippen LogP) is 2.04. The molecule has 0 saturated carbocycles. The smallest absolute Gasteiger partial charge is 0.277 e. The number of hydrogen-bond acceptors (Lipinski definition) is 6. The summed E-state index contributed by atoms with van der Waals surface area (Å²) in [7, 11) is 1.60. The minimum Gasteiger partial charge on any atom is -0.497 e. The van der Waals surface area contributed by atoms with Crippen LogP contribution in [0, 0.1) is 0 Å². The molecule has 88 valence electrons. The van der Waals surface area contributed by atoms with Gasteiger partial charge in [0, 0.05) is 5.56 Å². The van der Waals surface area contributed by atoms with Crippen molar-refractivity contribution in [3.63, 3.8) is 0 Å². The van der Waals surface area contributed by atoms with Gasteiger partial charge in [-0.2, -0.15) is 0 Å². The van der Waals surface area contributed by atoms with Crippen LogP contribution in [0.15, 0.2) is 33.9 Å². The van der Waals surface area contributed by atoms with Crippen LogP contribution in [0.2, 0.25) is 0 Å². The maximum atomic E-state index is 10.2. The summed E-state index contributed by atoms with van der Waals surface area (Å²) < 4.78 is 10.5. The third kappa shape index (κ3) is 2.85. The van der Waals surface area contributed by atoms with Gasteiger partial charge in [0.15, 0.2) is 0 Å². The second-order valence-electron chi connectivity index (χ2n) is 3.08. The van der Waals surface area contributed by atoms with Gasteiger partial charge in [-0.1, -0.05) is 17.8 Å². The van der Waals surface area contributed by atoms with E-state index in [9.17, 15) is 4.79 Å². The number of aromatic nitrogens is 2. The molecule has 0 aliphatic heterocycles. The molecule has 5 nitrogen and oxygen atoms in total. The van der Waals surface area contributed by atoms with Gasteiger partial charge in [-0.15, -0.1) is 10.2 Å². The van der Waals surface area contributed by atoms with Crippen molar-refractivity contribution in [1.29, 1.82) is 0 Å². The number of methoxy groups -OCH3 is 1. The molecular weight excluding hydrogens is 240 g/mol. The highest BCUT2D eigenvalue weighted by molar-refractivity contribution is 7.99. The number of carbonyl (C=O) groups is 1. The molecule has 0 amide bonds. The zero-order valence-electron chi connectivity index (χ0n) is 9.12. The first-order valence-electron chi connectivity index (χ1n) is 4.88. The van der Waals surface area contributed by atoms with Crippen LogP contribution in [-0.4, -0.2) is 29.3 Å². The summed E-state index contributed by atoms with van der Waals surface area (Å²) in [6.07, 6.45) is 0.792. The SMILES string of the molecule is COc1cccc(-c2nnc(SCC=O)o2)c1. The Labute approximate surface area is 102 Å². The molecule has 0 fully saturated rings. The summed E-state index contributed by atoms with van der Waals surface area (Å²) in [6.45, 7) is 0. The van der Waals surface area contributed by atoms with E-state index in [0.717, 1.165) is 17.6 Å². The molecule has 0 N–H and O–H groups in total. The van der Waals surface area contributed by atoms with E-state index >= 15 is 0 Å². The Morgan fingerprint density at radius 3 is 3.12 bits per heavy atom. The highest BCUT2D eigenvalue weighted by Gasteiger charge is 2.09. The van der Waals surface area contributed by atoms with Gasteiger partial charge in [-0.05, 0) is 18.2 Å². The summed E-state index contributed by atoms with van der Waals surface area (Å²) in [5.74, 6) is 1.44. The predicted molar refractivity (Wildman–Crippen MR) is 63.1 cm³/mol. The van der Waals surface area contributed by atoms with Gasteiger partial charge in [0.25, 0.3) is 5.22 Å². The normalized spacial score (nSPS) is 10.2.